The number of likely N-dealkylation sites (tertiary alicyclic amines) is 1. The van der Waals surface area contributed by atoms with E-state index in [9.17, 15) is 18.8 Å². The SMILES string of the molecule is CCOC(=O)c1[nH]c2ccc(F)cc2c1NC(=O)[C@@H](C)N1CCC(C(=O)OCC)CC1. The number of amides is 1. The standard InChI is InChI=1S/C22H28FN3O5/c1-4-30-21(28)14-8-10-26(11-9-14)13(3)20(27)25-18-16-12-15(23)6-7-17(16)24-19(18)22(29)31-5-2/h6-7,12-14,24H,4-5,8-11H2,1-3H3,(H,25,27)/t13-/m1/s1. The van der Waals surface area contributed by atoms with Crippen LogP contribution in [0.5, 0.6) is 0 Å². The van der Waals surface area contributed by atoms with Crippen LogP contribution in [0.3, 0.4) is 0 Å². The molecule has 168 valence electrons. The first-order valence-electron chi connectivity index (χ1n) is 10.6. The lowest BCUT2D eigenvalue weighted by atomic mass is 9.96. The summed E-state index contributed by atoms with van der Waals surface area (Å²) in [7, 11) is 0. The molecule has 3 rings (SSSR count). The highest BCUT2D eigenvalue weighted by molar-refractivity contribution is 6.11. The fraction of sp³-hybridized carbons (Fsp3) is 0.500. The number of H-pyrrole nitrogens is 1. The Labute approximate surface area is 180 Å². The normalized spacial score (nSPS) is 16.1. The molecule has 2 aromatic rings. The van der Waals surface area contributed by atoms with Gasteiger partial charge in [-0.05, 0) is 64.9 Å². The van der Waals surface area contributed by atoms with E-state index in [1.54, 1.807) is 20.8 Å². The Morgan fingerprint density at radius 1 is 1.19 bits per heavy atom. The van der Waals surface area contributed by atoms with Crippen molar-refractivity contribution < 1.29 is 28.2 Å². The van der Waals surface area contributed by atoms with E-state index in [2.05, 4.69) is 10.3 Å². The number of hydrogen-bond acceptors (Lipinski definition) is 6. The molecule has 2 N–H and O–H groups in total. The number of nitrogens with one attached hydrogen (secondary N) is 2. The number of hydrogen-bond donors (Lipinski definition) is 2. The third-order valence-corrected chi connectivity index (χ3v) is 5.57. The lowest BCUT2D eigenvalue weighted by molar-refractivity contribution is -0.149. The minimum absolute atomic E-state index is 0.0732. The van der Waals surface area contributed by atoms with E-state index in [1.165, 1.54) is 18.2 Å². The summed E-state index contributed by atoms with van der Waals surface area (Å²) < 4.78 is 24.0. The van der Waals surface area contributed by atoms with E-state index in [0.29, 0.717) is 43.4 Å². The second-order valence-electron chi connectivity index (χ2n) is 7.51. The van der Waals surface area contributed by atoms with Crippen molar-refractivity contribution in [1.29, 1.82) is 0 Å². The number of carbonyl (C=O) groups excluding carboxylic acids is 3. The molecule has 31 heavy (non-hydrogen) atoms. The molecule has 2 heterocycles. The molecule has 0 aliphatic carbocycles. The number of carbonyl (C=O) groups is 3. The summed E-state index contributed by atoms with van der Waals surface area (Å²) in [5, 5.41) is 3.17. The average molecular weight is 433 g/mol. The van der Waals surface area contributed by atoms with Gasteiger partial charge in [0.1, 0.15) is 11.5 Å². The van der Waals surface area contributed by atoms with Gasteiger partial charge in [0.05, 0.1) is 30.9 Å². The maximum absolute atomic E-state index is 13.8. The van der Waals surface area contributed by atoms with Crippen LogP contribution in [0.2, 0.25) is 0 Å². The Balaban J connectivity index is 1.75. The Kier molecular flexibility index (Phi) is 7.27. The van der Waals surface area contributed by atoms with Gasteiger partial charge in [-0.15, -0.1) is 0 Å². The number of piperidine rings is 1. The number of ether oxygens (including phenoxy) is 2. The van der Waals surface area contributed by atoms with Gasteiger partial charge in [0.25, 0.3) is 0 Å². The largest absolute Gasteiger partial charge is 0.466 e. The summed E-state index contributed by atoms with van der Waals surface area (Å²) in [6, 6.07) is 3.54. The summed E-state index contributed by atoms with van der Waals surface area (Å²) in [4.78, 5) is 42.2. The third kappa shape index (κ3) is 5.04. The summed E-state index contributed by atoms with van der Waals surface area (Å²) in [6.45, 7) is 6.89. The average Bonchev–Trinajstić information content (AvgIpc) is 3.11. The van der Waals surface area contributed by atoms with Crippen LogP contribution in [-0.2, 0) is 19.1 Å². The second-order valence-corrected chi connectivity index (χ2v) is 7.51. The van der Waals surface area contributed by atoms with Crippen LogP contribution < -0.4 is 5.32 Å². The summed E-state index contributed by atoms with van der Waals surface area (Å²) in [6.07, 6.45) is 1.23. The van der Waals surface area contributed by atoms with Crippen LogP contribution in [0.4, 0.5) is 10.1 Å². The van der Waals surface area contributed by atoms with Crippen LogP contribution in [0.25, 0.3) is 10.9 Å². The number of esters is 2. The van der Waals surface area contributed by atoms with Crippen molar-refractivity contribution in [3.63, 3.8) is 0 Å². The van der Waals surface area contributed by atoms with Crippen molar-refractivity contribution in [2.75, 3.05) is 31.6 Å². The van der Waals surface area contributed by atoms with E-state index in [-0.39, 0.29) is 35.8 Å². The highest BCUT2D eigenvalue weighted by Gasteiger charge is 2.31. The fourth-order valence-electron chi connectivity index (χ4n) is 3.83. The smallest absolute Gasteiger partial charge is 0.356 e. The molecule has 0 saturated carbocycles. The van der Waals surface area contributed by atoms with Crippen molar-refractivity contribution in [2.45, 2.75) is 39.7 Å². The van der Waals surface area contributed by atoms with E-state index >= 15 is 0 Å². The molecule has 1 saturated heterocycles. The van der Waals surface area contributed by atoms with Crippen molar-refractivity contribution >= 4 is 34.4 Å². The topological polar surface area (TPSA) is 101 Å². The third-order valence-electron chi connectivity index (χ3n) is 5.57. The van der Waals surface area contributed by atoms with Crippen LogP contribution in [0, 0.1) is 11.7 Å². The molecule has 1 amide bonds. The quantitative estimate of drug-likeness (QED) is 0.651. The highest BCUT2D eigenvalue weighted by atomic mass is 19.1. The molecule has 0 spiro atoms. The molecular weight excluding hydrogens is 405 g/mol. The molecule has 0 radical (unpaired) electrons. The van der Waals surface area contributed by atoms with Gasteiger partial charge in [-0.1, -0.05) is 0 Å². The van der Waals surface area contributed by atoms with Crippen LogP contribution >= 0.6 is 0 Å². The zero-order chi connectivity index (χ0) is 22.5. The van der Waals surface area contributed by atoms with Gasteiger partial charge < -0.3 is 19.8 Å². The maximum Gasteiger partial charge on any atom is 0.356 e. The number of halogens is 1. The lowest BCUT2D eigenvalue weighted by Gasteiger charge is -2.34. The summed E-state index contributed by atoms with van der Waals surface area (Å²) >= 11 is 0. The number of aromatic nitrogens is 1. The molecule has 1 aromatic carbocycles. The Morgan fingerprint density at radius 3 is 2.52 bits per heavy atom. The number of aromatic amines is 1. The molecule has 1 fully saturated rings. The van der Waals surface area contributed by atoms with E-state index in [0.717, 1.165) is 0 Å². The van der Waals surface area contributed by atoms with Crippen molar-refractivity contribution in [3.8, 4) is 0 Å². The number of fused-ring (bicyclic) bond motifs is 1. The molecule has 1 aliphatic rings. The number of rotatable bonds is 7. The number of benzene rings is 1. The maximum atomic E-state index is 13.8. The Hall–Kier alpha value is -2.94. The van der Waals surface area contributed by atoms with Gasteiger partial charge >= 0.3 is 11.9 Å². The van der Waals surface area contributed by atoms with Gasteiger partial charge in [-0.25, -0.2) is 9.18 Å². The fourth-order valence-corrected chi connectivity index (χ4v) is 3.83. The minimum Gasteiger partial charge on any atom is -0.466 e. The van der Waals surface area contributed by atoms with Crippen LogP contribution in [0.15, 0.2) is 18.2 Å². The van der Waals surface area contributed by atoms with Crippen molar-refractivity contribution in [1.82, 2.24) is 9.88 Å². The van der Waals surface area contributed by atoms with E-state index < -0.39 is 17.8 Å². The van der Waals surface area contributed by atoms with Crippen LogP contribution in [-0.4, -0.2) is 60.1 Å². The Morgan fingerprint density at radius 2 is 1.87 bits per heavy atom. The number of anilines is 1. The first-order valence-corrected chi connectivity index (χ1v) is 10.6. The van der Waals surface area contributed by atoms with Gasteiger partial charge in [0, 0.05) is 10.9 Å². The van der Waals surface area contributed by atoms with E-state index in [4.69, 9.17) is 9.47 Å². The summed E-state index contributed by atoms with van der Waals surface area (Å²) in [5.74, 6) is -1.79. The molecule has 0 bridgehead atoms. The molecule has 1 aliphatic heterocycles. The van der Waals surface area contributed by atoms with E-state index in [1.807, 2.05) is 4.90 Å². The zero-order valence-electron chi connectivity index (χ0n) is 18.0. The first kappa shape index (κ1) is 22.7. The molecule has 9 heteroatoms. The molecule has 1 atom stereocenters. The van der Waals surface area contributed by atoms with Gasteiger partial charge in [0.2, 0.25) is 5.91 Å². The van der Waals surface area contributed by atoms with Gasteiger partial charge in [-0.3, -0.25) is 14.5 Å². The van der Waals surface area contributed by atoms with Crippen LogP contribution in [0.1, 0.15) is 44.1 Å². The predicted molar refractivity (Wildman–Crippen MR) is 113 cm³/mol. The van der Waals surface area contributed by atoms with Gasteiger partial charge in [0.15, 0.2) is 0 Å². The van der Waals surface area contributed by atoms with Crippen molar-refractivity contribution in [2.24, 2.45) is 5.92 Å². The second kappa shape index (κ2) is 9.91. The predicted octanol–water partition coefficient (Wildman–Crippen LogP) is 3.09. The first-order chi connectivity index (χ1) is 14.8. The minimum atomic E-state index is -0.627. The number of nitrogens with zero attached hydrogens (tertiary/aromatic N) is 1. The van der Waals surface area contributed by atoms with Gasteiger partial charge in [-0.2, -0.15) is 0 Å². The zero-order valence-corrected chi connectivity index (χ0v) is 18.0. The van der Waals surface area contributed by atoms with Crippen molar-refractivity contribution in [3.05, 3.63) is 29.7 Å². The monoisotopic (exact) mass is 433 g/mol. The molecule has 0 unspecified atom stereocenters. The lowest BCUT2D eigenvalue weighted by Crippen LogP contribution is -2.47. The Bertz CT molecular complexity index is 965. The summed E-state index contributed by atoms with van der Waals surface area (Å²) in [5.41, 5.74) is 0.790. The molecular formula is C22H28FN3O5. The molecule has 8 nitrogen and oxygen atoms in total. The highest BCUT2D eigenvalue weighted by Crippen LogP contribution is 2.30. The molecule has 1 aromatic heterocycles.